The first-order valence-corrected chi connectivity index (χ1v) is 9.91. The predicted molar refractivity (Wildman–Crippen MR) is 125 cm³/mol. The van der Waals surface area contributed by atoms with E-state index >= 15 is 0 Å². The molecule has 1 aliphatic rings. The lowest BCUT2D eigenvalue weighted by atomic mass is 9.67. The Hall–Kier alpha value is -0.930. The lowest BCUT2D eigenvalue weighted by molar-refractivity contribution is 0.0732. The van der Waals surface area contributed by atoms with E-state index in [4.69, 9.17) is 9.73 Å². The number of nitrogens with one attached hydrogen (secondary N) is 2. The van der Waals surface area contributed by atoms with Gasteiger partial charge in [0.1, 0.15) is 5.82 Å². The molecule has 1 fully saturated rings. The fourth-order valence-corrected chi connectivity index (χ4v) is 3.48. The zero-order valence-electron chi connectivity index (χ0n) is 17.7. The highest BCUT2D eigenvalue weighted by Crippen LogP contribution is 2.43. The summed E-state index contributed by atoms with van der Waals surface area (Å²) in [6, 6.07) is 5.26. The second-order valence-electron chi connectivity index (χ2n) is 7.81. The summed E-state index contributed by atoms with van der Waals surface area (Å²) in [5, 5.41) is 6.82. The topological polar surface area (TPSA) is 48.9 Å². The SMILES string of the molecule is CCNC(=NCc1ccc(F)c(CN(C)C)c1)NCC1(CCOC)CCC1.I. The molecule has 0 spiro atoms. The van der Waals surface area contributed by atoms with Gasteiger partial charge in [-0.2, -0.15) is 0 Å². The van der Waals surface area contributed by atoms with Crippen molar-refractivity contribution in [2.75, 3.05) is 40.9 Å². The summed E-state index contributed by atoms with van der Waals surface area (Å²) in [5.41, 5.74) is 2.06. The third kappa shape index (κ3) is 7.83. The van der Waals surface area contributed by atoms with Gasteiger partial charge in [-0.05, 0) is 63.4 Å². The van der Waals surface area contributed by atoms with Crippen LogP contribution in [-0.4, -0.2) is 51.8 Å². The maximum Gasteiger partial charge on any atom is 0.191 e. The lowest BCUT2D eigenvalue weighted by Crippen LogP contribution is -2.46. The molecule has 0 saturated heterocycles. The predicted octanol–water partition coefficient (Wildman–Crippen LogP) is 3.77. The summed E-state index contributed by atoms with van der Waals surface area (Å²) in [4.78, 5) is 6.67. The van der Waals surface area contributed by atoms with Crippen LogP contribution in [0.4, 0.5) is 4.39 Å². The molecule has 0 heterocycles. The van der Waals surface area contributed by atoms with Gasteiger partial charge in [-0.15, -0.1) is 24.0 Å². The summed E-state index contributed by atoms with van der Waals surface area (Å²) in [5.74, 6) is 0.659. The summed E-state index contributed by atoms with van der Waals surface area (Å²) in [6.07, 6.45) is 4.87. The quantitative estimate of drug-likeness (QED) is 0.288. The second-order valence-corrected chi connectivity index (χ2v) is 7.81. The zero-order chi connectivity index (χ0) is 19.7. The van der Waals surface area contributed by atoms with E-state index in [9.17, 15) is 4.39 Å². The Balaban J connectivity index is 0.00000392. The van der Waals surface area contributed by atoms with Crippen LogP contribution in [0.2, 0.25) is 0 Å². The second kappa shape index (κ2) is 12.6. The molecule has 7 heteroatoms. The van der Waals surface area contributed by atoms with Crippen molar-refractivity contribution in [2.24, 2.45) is 10.4 Å². The van der Waals surface area contributed by atoms with Crippen LogP contribution < -0.4 is 10.6 Å². The van der Waals surface area contributed by atoms with Gasteiger partial charge in [0.15, 0.2) is 5.96 Å². The number of ether oxygens (including phenoxy) is 1. The lowest BCUT2D eigenvalue weighted by Gasteiger charge is -2.42. The number of halogens is 2. The highest BCUT2D eigenvalue weighted by molar-refractivity contribution is 14.0. The molecule has 5 nitrogen and oxygen atoms in total. The number of benzene rings is 1. The third-order valence-corrected chi connectivity index (χ3v) is 5.24. The van der Waals surface area contributed by atoms with E-state index < -0.39 is 0 Å². The molecular formula is C21H36FIN4O. The molecular weight excluding hydrogens is 470 g/mol. The first-order valence-electron chi connectivity index (χ1n) is 9.91. The Morgan fingerprint density at radius 3 is 2.61 bits per heavy atom. The highest BCUT2D eigenvalue weighted by atomic mass is 127. The van der Waals surface area contributed by atoms with E-state index in [1.54, 1.807) is 7.11 Å². The molecule has 0 aromatic heterocycles. The van der Waals surface area contributed by atoms with Gasteiger partial charge < -0.3 is 20.3 Å². The van der Waals surface area contributed by atoms with E-state index in [1.807, 2.05) is 31.1 Å². The van der Waals surface area contributed by atoms with Crippen LogP contribution >= 0.6 is 24.0 Å². The molecule has 0 bridgehead atoms. The van der Waals surface area contributed by atoms with Gasteiger partial charge in [0.05, 0.1) is 6.54 Å². The molecule has 0 radical (unpaired) electrons. The van der Waals surface area contributed by atoms with Crippen LogP contribution in [0.3, 0.4) is 0 Å². The van der Waals surface area contributed by atoms with E-state index in [0.717, 1.165) is 37.6 Å². The third-order valence-electron chi connectivity index (χ3n) is 5.24. The molecule has 28 heavy (non-hydrogen) atoms. The maximum absolute atomic E-state index is 14.0. The van der Waals surface area contributed by atoms with Crippen molar-refractivity contribution in [3.63, 3.8) is 0 Å². The normalized spacial score (nSPS) is 15.7. The molecule has 0 aliphatic heterocycles. The van der Waals surface area contributed by atoms with E-state index in [-0.39, 0.29) is 29.8 Å². The average Bonchev–Trinajstić information content (AvgIpc) is 2.60. The number of methoxy groups -OCH3 is 1. The van der Waals surface area contributed by atoms with Crippen LogP contribution in [0.5, 0.6) is 0 Å². The van der Waals surface area contributed by atoms with Gasteiger partial charge in [0, 0.05) is 38.9 Å². The Labute approximate surface area is 186 Å². The molecule has 0 unspecified atom stereocenters. The van der Waals surface area contributed by atoms with Crippen LogP contribution in [0.25, 0.3) is 0 Å². The number of aliphatic imine (C=N–C) groups is 1. The Morgan fingerprint density at radius 1 is 1.29 bits per heavy atom. The van der Waals surface area contributed by atoms with E-state index in [1.165, 1.54) is 25.3 Å². The molecule has 160 valence electrons. The van der Waals surface area contributed by atoms with Gasteiger partial charge in [-0.1, -0.05) is 12.5 Å². The molecule has 1 saturated carbocycles. The minimum Gasteiger partial charge on any atom is -0.385 e. The fourth-order valence-electron chi connectivity index (χ4n) is 3.48. The van der Waals surface area contributed by atoms with Gasteiger partial charge in [0.25, 0.3) is 0 Å². The van der Waals surface area contributed by atoms with E-state index in [2.05, 4.69) is 17.6 Å². The summed E-state index contributed by atoms with van der Waals surface area (Å²) in [6.45, 7) is 5.71. The number of hydrogen-bond acceptors (Lipinski definition) is 3. The van der Waals surface area contributed by atoms with E-state index in [0.29, 0.717) is 24.1 Å². The van der Waals surface area contributed by atoms with Gasteiger partial charge >= 0.3 is 0 Å². The van der Waals surface area contributed by atoms with Crippen LogP contribution in [0, 0.1) is 11.2 Å². The van der Waals surface area contributed by atoms with Crippen LogP contribution in [0.1, 0.15) is 43.7 Å². The first kappa shape index (κ1) is 25.1. The minimum atomic E-state index is -0.161. The molecule has 0 amide bonds. The fraction of sp³-hybridized carbons (Fsp3) is 0.667. The van der Waals surface area contributed by atoms with Crippen molar-refractivity contribution in [1.29, 1.82) is 0 Å². The average molecular weight is 506 g/mol. The summed E-state index contributed by atoms with van der Waals surface area (Å²) < 4.78 is 19.2. The standard InChI is InChI=1S/C21H35FN4O.HI/c1-5-23-20(25-16-21(9-6-10-21)11-12-27-4)24-14-17-7-8-19(22)18(13-17)15-26(2)3;/h7-8,13H,5-6,9-12,14-16H2,1-4H3,(H2,23,24,25);1H. The number of nitrogens with zero attached hydrogens (tertiary/aromatic N) is 2. The number of hydrogen-bond donors (Lipinski definition) is 2. The van der Waals surface area contributed by atoms with Gasteiger partial charge in [-0.25, -0.2) is 9.38 Å². The van der Waals surface area contributed by atoms with Gasteiger partial charge in [0.2, 0.25) is 0 Å². The monoisotopic (exact) mass is 506 g/mol. The molecule has 2 N–H and O–H groups in total. The summed E-state index contributed by atoms with van der Waals surface area (Å²) in [7, 11) is 5.65. The highest BCUT2D eigenvalue weighted by Gasteiger charge is 2.36. The van der Waals surface area contributed by atoms with Crippen LogP contribution in [0.15, 0.2) is 23.2 Å². The minimum absolute atomic E-state index is 0. The summed E-state index contributed by atoms with van der Waals surface area (Å²) >= 11 is 0. The Kier molecular flexibility index (Phi) is 11.3. The van der Waals surface area contributed by atoms with Crippen molar-refractivity contribution in [1.82, 2.24) is 15.5 Å². The zero-order valence-corrected chi connectivity index (χ0v) is 20.0. The van der Waals surface area contributed by atoms with Crippen molar-refractivity contribution in [2.45, 2.75) is 45.7 Å². The largest absolute Gasteiger partial charge is 0.385 e. The molecule has 1 aromatic carbocycles. The molecule has 0 atom stereocenters. The van der Waals surface area contributed by atoms with Crippen LogP contribution in [-0.2, 0) is 17.8 Å². The van der Waals surface area contributed by atoms with Crippen molar-refractivity contribution >= 4 is 29.9 Å². The van der Waals surface area contributed by atoms with Crippen molar-refractivity contribution in [3.8, 4) is 0 Å². The maximum atomic E-state index is 14.0. The number of guanidine groups is 1. The Bertz CT molecular complexity index is 620. The van der Waals surface area contributed by atoms with Crippen molar-refractivity contribution in [3.05, 3.63) is 35.1 Å². The molecule has 1 aliphatic carbocycles. The molecule has 1 aromatic rings. The Morgan fingerprint density at radius 2 is 2.04 bits per heavy atom. The smallest absolute Gasteiger partial charge is 0.191 e. The number of rotatable bonds is 10. The first-order chi connectivity index (χ1) is 13.0. The van der Waals surface area contributed by atoms with Gasteiger partial charge in [-0.3, -0.25) is 0 Å². The van der Waals surface area contributed by atoms with Crippen molar-refractivity contribution < 1.29 is 9.13 Å². The molecule has 2 rings (SSSR count).